The quantitative estimate of drug-likeness (QED) is 0.645. The Morgan fingerprint density at radius 1 is 1.45 bits per heavy atom. The van der Waals surface area contributed by atoms with Crippen molar-refractivity contribution in [2.75, 3.05) is 6.54 Å². The fourth-order valence-corrected chi connectivity index (χ4v) is 0.956. The van der Waals surface area contributed by atoms with Crippen LogP contribution >= 0.6 is 0 Å². The lowest BCUT2D eigenvalue weighted by Crippen LogP contribution is -2.08. The van der Waals surface area contributed by atoms with Gasteiger partial charge in [0.05, 0.1) is 0 Å². The van der Waals surface area contributed by atoms with Crippen molar-refractivity contribution in [3.05, 3.63) is 48.7 Å². The third kappa shape index (κ3) is 2.89. The molecule has 58 valence electrons. The van der Waals surface area contributed by atoms with E-state index in [-0.39, 0.29) is 0 Å². The lowest BCUT2D eigenvalue weighted by atomic mass is 10.2. The van der Waals surface area contributed by atoms with Gasteiger partial charge < -0.3 is 5.32 Å². The summed E-state index contributed by atoms with van der Waals surface area (Å²) in [6.45, 7) is 4.50. The highest BCUT2D eigenvalue weighted by atomic mass is 14.8. The second kappa shape index (κ2) is 4.56. The van der Waals surface area contributed by atoms with Crippen molar-refractivity contribution in [3.8, 4) is 0 Å². The summed E-state index contributed by atoms with van der Waals surface area (Å²) in [5.74, 6) is 0. The Balaban J connectivity index is 2.44. The topological polar surface area (TPSA) is 12.0 Å². The van der Waals surface area contributed by atoms with Crippen molar-refractivity contribution < 1.29 is 0 Å². The monoisotopic (exact) mass is 147 g/mol. The third-order valence-electron chi connectivity index (χ3n) is 1.54. The third-order valence-corrected chi connectivity index (χ3v) is 1.54. The fraction of sp³-hybridized carbons (Fsp3) is 0.200. The minimum Gasteiger partial charge on any atom is -0.388 e. The van der Waals surface area contributed by atoms with E-state index in [1.807, 2.05) is 6.08 Å². The highest BCUT2D eigenvalue weighted by Crippen LogP contribution is 2.04. The average molecular weight is 147 g/mol. The van der Waals surface area contributed by atoms with Gasteiger partial charge in [0.25, 0.3) is 0 Å². The van der Waals surface area contributed by atoms with Gasteiger partial charge in [0.2, 0.25) is 0 Å². The zero-order chi connectivity index (χ0) is 7.94. The second-order valence-corrected chi connectivity index (χ2v) is 2.43. The van der Waals surface area contributed by atoms with Crippen LogP contribution < -0.4 is 5.32 Å². The number of allylic oxidation sites excluding steroid dienone is 5. The van der Waals surface area contributed by atoms with Gasteiger partial charge in [-0.2, -0.15) is 0 Å². The Labute approximate surface area is 67.8 Å². The average Bonchev–Trinajstić information content (AvgIpc) is 2.28. The SMILES string of the molecule is C=CNCC1=CC=CC=CC1. The standard InChI is InChI=1S/C10H13N/c1-2-11-9-10-7-5-3-4-6-8-10/h2-7,11H,1,8-9H2. The minimum absolute atomic E-state index is 0.901. The molecule has 0 bridgehead atoms. The van der Waals surface area contributed by atoms with E-state index in [1.165, 1.54) is 5.57 Å². The first-order valence-corrected chi connectivity index (χ1v) is 3.79. The Morgan fingerprint density at radius 2 is 2.36 bits per heavy atom. The Kier molecular flexibility index (Phi) is 3.26. The Bertz CT molecular complexity index is 209. The van der Waals surface area contributed by atoms with Gasteiger partial charge in [-0.1, -0.05) is 37.0 Å². The molecule has 0 amide bonds. The summed E-state index contributed by atoms with van der Waals surface area (Å²) in [7, 11) is 0. The molecule has 0 aliphatic heterocycles. The maximum atomic E-state index is 3.59. The molecule has 0 saturated heterocycles. The summed E-state index contributed by atoms with van der Waals surface area (Å²) in [6, 6.07) is 0. The molecule has 0 aromatic rings. The van der Waals surface area contributed by atoms with E-state index in [0.717, 1.165) is 13.0 Å². The predicted molar refractivity (Wildman–Crippen MR) is 49.2 cm³/mol. The van der Waals surface area contributed by atoms with Crippen LogP contribution in [0.5, 0.6) is 0 Å². The molecule has 0 radical (unpaired) electrons. The van der Waals surface area contributed by atoms with Gasteiger partial charge in [-0.15, -0.1) is 0 Å². The van der Waals surface area contributed by atoms with Crippen molar-refractivity contribution in [3.63, 3.8) is 0 Å². The van der Waals surface area contributed by atoms with Crippen LogP contribution in [-0.4, -0.2) is 6.54 Å². The predicted octanol–water partition coefficient (Wildman–Crippen LogP) is 2.16. The first-order valence-electron chi connectivity index (χ1n) is 3.79. The van der Waals surface area contributed by atoms with Gasteiger partial charge >= 0.3 is 0 Å². The van der Waals surface area contributed by atoms with Gasteiger partial charge in [0.15, 0.2) is 0 Å². The molecule has 0 atom stereocenters. The van der Waals surface area contributed by atoms with E-state index < -0.39 is 0 Å². The van der Waals surface area contributed by atoms with Gasteiger partial charge in [0, 0.05) is 6.54 Å². The van der Waals surface area contributed by atoms with Crippen LogP contribution in [0.25, 0.3) is 0 Å². The molecular formula is C10H13N. The van der Waals surface area contributed by atoms with E-state index in [1.54, 1.807) is 6.20 Å². The number of hydrogen-bond donors (Lipinski definition) is 1. The lowest BCUT2D eigenvalue weighted by Gasteiger charge is -2.01. The molecule has 1 aliphatic rings. The van der Waals surface area contributed by atoms with Crippen LogP contribution in [0.15, 0.2) is 48.7 Å². The van der Waals surface area contributed by atoms with E-state index >= 15 is 0 Å². The molecule has 0 heterocycles. The Morgan fingerprint density at radius 3 is 3.18 bits per heavy atom. The molecule has 11 heavy (non-hydrogen) atoms. The molecular weight excluding hydrogens is 134 g/mol. The van der Waals surface area contributed by atoms with Gasteiger partial charge in [0.1, 0.15) is 0 Å². The second-order valence-electron chi connectivity index (χ2n) is 2.43. The summed E-state index contributed by atoms with van der Waals surface area (Å²) in [4.78, 5) is 0. The Hall–Kier alpha value is -1.24. The smallest absolute Gasteiger partial charge is 0.0360 e. The molecule has 1 nitrogen and oxygen atoms in total. The highest BCUT2D eigenvalue weighted by Gasteiger charge is 1.92. The first kappa shape index (κ1) is 7.86. The number of rotatable bonds is 3. The maximum absolute atomic E-state index is 3.59. The van der Waals surface area contributed by atoms with Gasteiger partial charge in [-0.3, -0.25) is 0 Å². The molecule has 1 rings (SSSR count). The van der Waals surface area contributed by atoms with Crippen molar-refractivity contribution in [2.24, 2.45) is 0 Å². The molecule has 0 aromatic carbocycles. The van der Waals surface area contributed by atoms with Crippen LogP contribution in [0.2, 0.25) is 0 Å². The molecule has 0 saturated carbocycles. The van der Waals surface area contributed by atoms with E-state index in [0.29, 0.717) is 0 Å². The zero-order valence-electron chi connectivity index (χ0n) is 6.59. The fourth-order valence-electron chi connectivity index (χ4n) is 0.956. The molecule has 0 aromatic heterocycles. The number of hydrogen-bond acceptors (Lipinski definition) is 1. The highest BCUT2D eigenvalue weighted by molar-refractivity contribution is 5.24. The molecule has 0 spiro atoms. The van der Waals surface area contributed by atoms with Gasteiger partial charge in [-0.05, 0) is 18.2 Å². The summed E-state index contributed by atoms with van der Waals surface area (Å²) < 4.78 is 0. The molecule has 1 heteroatoms. The van der Waals surface area contributed by atoms with Crippen LogP contribution in [0.4, 0.5) is 0 Å². The van der Waals surface area contributed by atoms with Crippen LogP contribution in [0, 0.1) is 0 Å². The summed E-state index contributed by atoms with van der Waals surface area (Å²) in [6.07, 6.45) is 13.2. The minimum atomic E-state index is 0.901. The molecule has 1 aliphatic carbocycles. The molecule has 0 unspecified atom stereocenters. The van der Waals surface area contributed by atoms with E-state index in [4.69, 9.17) is 0 Å². The van der Waals surface area contributed by atoms with Crippen molar-refractivity contribution in [1.82, 2.24) is 5.32 Å². The normalized spacial score (nSPS) is 15.5. The maximum Gasteiger partial charge on any atom is 0.0360 e. The van der Waals surface area contributed by atoms with Crippen molar-refractivity contribution in [1.29, 1.82) is 0 Å². The summed E-state index contributed by atoms with van der Waals surface area (Å²) in [5, 5.41) is 3.07. The van der Waals surface area contributed by atoms with Crippen LogP contribution in [-0.2, 0) is 0 Å². The van der Waals surface area contributed by atoms with Crippen LogP contribution in [0.1, 0.15) is 6.42 Å². The van der Waals surface area contributed by atoms with E-state index in [2.05, 4.69) is 36.2 Å². The van der Waals surface area contributed by atoms with Crippen molar-refractivity contribution >= 4 is 0 Å². The number of nitrogens with one attached hydrogen (secondary N) is 1. The van der Waals surface area contributed by atoms with Gasteiger partial charge in [-0.25, -0.2) is 0 Å². The van der Waals surface area contributed by atoms with Crippen LogP contribution in [0.3, 0.4) is 0 Å². The lowest BCUT2D eigenvalue weighted by molar-refractivity contribution is 0.914. The molecule has 0 fully saturated rings. The summed E-state index contributed by atoms with van der Waals surface area (Å²) in [5.41, 5.74) is 1.38. The van der Waals surface area contributed by atoms with Crippen molar-refractivity contribution in [2.45, 2.75) is 6.42 Å². The molecule has 1 N–H and O–H groups in total. The summed E-state index contributed by atoms with van der Waals surface area (Å²) >= 11 is 0. The zero-order valence-corrected chi connectivity index (χ0v) is 6.59. The first-order chi connectivity index (χ1) is 5.43. The largest absolute Gasteiger partial charge is 0.388 e. The van der Waals surface area contributed by atoms with E-state index in [9.17, 15) is 0 Å².